The van der Waals surface area contributed by atoms with Crippen LogP contribution in [0.25, 0.3) is 6.08 Å². The van der Waals surface area contributed by atoms with Gasteiger partial charge in [0.2, 0.25) is 0 Å². The zero-order chi connectivity index (χ0) is 24.3. The molecule has 0 radical (unpaired) electrons. The molecule has 34 heavy (non-hydrogen) atoms. The Hall–Kier alpha value is -3.93. The number of allylic oxidation sites excluding steroid dienone is 1. The van der Waals surface area contributed by atoms with Crippen molar-refractivity contribution in [2.45, 2.75) is 20.5 Å². The molecule has 0 heterocycles. The van der Waals surface area contributed by atoms with Crippen LogP contribution in [-0.4, -0.2) is 33.2 Å². The van der Waals surface area contributed by atoms with Gasteiger partial charge in [-0.15, -0.1) is 0 Å². The van der Waals surface area contributed by atoms with Crippen LogP contribution in [0, 0.1) is 0 Å². The van der Waals surface area contributed by atoms with Crippen molar-refractivity contribution in [2.24, 2.45) is 0 Å². The van der Waals surface area contributed by atoms with Gasteiger partial charge in [0.1, 0.15) is 35.4 Å². The largest absolute Gasteiger partial charge is 0.497 e. The molecule has 3 aromatic rings. The molecule has 0 aliphatic carbocycles. The second kappa shape index (κ2) is 12.3. The smallest absolute Gasteiger partial charge is 0.189 e. The number of hydrogen-bond donors (Lipinski definition) is 0. The fraction of sp³-hybridized carbons (Fsp3) is 0.250. The van der Waals surface area contributed by atoms with E-state index in [9.17, 15) is 4.79 Å². The number of ketones is 1. The zero-order valence-electron chi connectivity index (χ0n) is 20.0. The van der Waals surface area contributed by atoms with Crippen LogP contribution in [0.4, 0.5) is 0 Å². The molecular weight excluding hydrogens is 432 g/mol. The fourth-order valence-corrected chi connectivity index (χ4v) is 3.30. The molecular formula is C28H30O6. The predicted octanol–water partition coefficient (Wildman–Crippen LogP) is 5.98. The minimum atomic E-state index is -0.173. The minimum absolute atomic E-state index is 0.173. The summed E-state index contributed by atoms with van der Waals surface area (Å²) in [4.78, 5) is 12.9. The molecule has 0 saturated carbocycles. The first kappa shape index (κ1) is 24.7. The van der Waals surface area contributed by atoms with Gasteiger partial charge in [-0.2, -0.15) is 0 Å². The van der Waals surface area contributed by atoms with Crippen molar-refractivity contribution in [1.82, 2.24) is 0 Å². The van der Waals surface area contributed by atoms with Crippen LogP contribution in [0.3, 0.4) is 0 Å². The van der Waals surface area contributed by atoms with Crippen molar-refractivity contribution in [3.63, 3.8) is 0 Å². The summed E-state index contributed by atoms with van der Waals surface area (Å²) in [5.74, 6) is 3.06. The summed E-state index contributed by atoms with van der Waals surface area (Å²) in [6.07, 6.45) is 3.23. The van der Waals surface area contributed by atoms with Gasteiger partial charge in [0, 0.05) is 17.7 Å². The highest BCUT2D eigenvalue weighted by atomic mass is 16.5. The Morgan fingerprint density at radius 3 is 2.06 bits per heavy atom. The topological polar surface area (TPSA) is 63.2 Å². The Labute approximate surface area is 200 Å². The molecule has 0 aliphatic heterocycles. The van der Waals surface area contributed by atoms with E-state index < -0.39 is 0 Å². The lowest BCUT2D eigenvalue weighted by molar-refractivity contribution is 0.104. The van der Waals surface area contributed by atoms with Crippen molar-refractivity contribution in [2.75, 3.05) is 27.4 Å². The number of hydrogen-bond acceptors (Lipinski definition) is 6. The SMILES string of the molecule is CCOc1ccc(C(=O)C=Cc2ccc(OCc3ccc(OC)cc3)cc2OC)c(OCC)c1. The Kier molecular flexibility index (Phi) is 8.97. The normalized spacial score (nSPS) is 10.7. The lowest BCUT2D eigenvalue weighted by Gasteiger charge is -2.11. The lowest BCUT2D eigenvalue weighted by atomic mass is 10.1. The van der Waals surface area contributed by atoms with E-state index in [2.05, 4.69) is 0 Å². The molecule has 3 aromatic carbocycles. The van der Waals surface area contributed by atoms with E-state index in [1.807, 2.05) is 50.2 Å². The van der Waals surface area contributed by atoms with Gasteiger partial charge in [-0.05, 0) is 68.0 Å². The Balaban J connectivity index is 1.72. The minimum Gasteiger partial charge on any atom is -0.497 e. The van der Waals surface area contributed by atoms with Gasteiger partial charge in [0.05, 0.1) is 33.0 Å². The summed E-state index contributed by atoms with van der Waals surface area (Å²) in [6, 6.07) is 18.4. The summed E-state index contributed by atoms with van der Waals surface area (Å²) < 4.78 is 27.7. The third-order valence-corrected chi connectivity index (χ3v) is 5.01. The Morgan fingerprint density at radius 1 is 0.735 bits per heavy atom. The van der Waals surface area contributed by atoms with Crippen molar-refractivity contribution in [3.05, 3.63) is 83.4 Å². The molecule has 0 bridgehead atoms. The van der Waals surface area contributed by atoms with Crippen LogP contribution >= 0.6 is 0 Å². The maximum absolute atomic E-state index is 12.9. The first-order valence-corrected chi connectivity index (χ1v) is 11.1. The third-order valence-electron chi connectivity index (χ3n) is 5.01. The second-order valence-electron chi connectivity index (χ2n) is 7.26. The van der Waals surface area contributed by atoms with Gasteiger partial charge in [-0.25, -0.2) is 0 Å². The van der Waals surface area contributed by atoms with Crippen LogP contribution in [0.1, 0.15) is 35.3 Å². The lowest BCUT2D eigenvalue weighted by Crippen LogP contribution is -2.03. The van der Waals surface area contributed by atoms with Gasteiger partial charge in [-0.1, -0.05) is 12.1 Å². The average molecular weight is 463 g/mol. The molecule has 0 amide bonds. The molecule has 0 N–H and O–H groups in total. The van der Waals surface area contributed by atoms with Gasteiger partial charge in [0.15, 0.2) is 5.78 Å². The number of ether oxygens (including phenoxy) is 5. The number of carbonyl (C=O) groups is 1. The Bertz CT molecular complexity index is 1120. The van der Waals surface area contributed by atoms with Crippen molar-refractivity contribution in [3.8, 4) is 28.7 Å². The van der Waals surface area contributed by atoms with E-state index in [0.29, 0.717) is 48.4 Å². The average Bonchev–Trinajstić information content (AvgIpc) is 2.87. The molecule has 0 fully saturated rings. The third kappa shape index (κ3) is 6.54. The molecule has 3 rings (SSSR count). The summed E-state index contributed by atoms with van der Waals surface area (Å²) >= 11 is 0. The molecule has 0 atom stereocenters. The quantitative estimate of drug-likeness (QED) is 0.244. The van der Waals surface area contributed by atoms with E-state index in [4.69, 9.17) is 23.7 Å². The van der Waals surface area contributed by atoms with Crippen molar-refractivity contribution < 1.29 is 28.5 Å². The number of methoxy groups -OCH3 is 2. The van der Waals surface area contributed by atoms with E-state index in [-0.39, 0.29) is 5.78 Å². The number of carbonyl (C=O) groups excluding carboxylic acids is 1. The summed E-state index contributed by atoms with van der Waals surface area (Å²) in [5, 5.41) is 0. The maximum atomic E-state index is 12.9. The molecule has 6 nitrogen and oxygen atoms in total. The second-order valence-corrected chi connectivity index (χ2v) is 7.26. The number of rotatable bonds is 12. The summed E-state index contributed by atoms with van der Waals surface area (Å²) in [6.45, 7) is 5.19. The standard InChI is InChI=1S/C28H30O6/c1-5-32-23-14-15-25(28(18-23)33-6-2)26(29)16-10-21-9-13-24(17-27(21)31-4)34-19-20-7-11-22(30-3)12-8-20/h7-18H,5-6,19H2,1-4H3. The van der Waals surface area contributed by atoms with Crippen LogP contribution in [0.15, 0.2) is 66.7 Å². The molecule has 6 heteroatoms. The number of benzene rings is 3. The van der Waals surface area contributed by atoms with Crippen LogP contribution in [0.2, 0.25) is 0 Å². The maximum Gasteiger partial charge on any atom is 0.189 e. The molecule has 0 saturated heterocycles. The van der Waals surface area contributed by atoms with Gasteiger partial charge in [0.25, 0.3) is 0 Å². The van der Waals surface area contributed by atoms with Gasteiger partial charge in [-0.3, -0.25) is 4.79 Å². The highest BCUT2D eigenvalue weighted by Gasteiger charge is 2.12. The Morgan fingerprint density at radius 2 is 1.38 bits per heavy atom. The van der Waals surface area contributed by atoms with Crippen LogP contribution < -0.4 is 23.7 Å². The van der Waals surface area contributed by atoms with Gasteiger partial charge >= 0.3 is 0 Å². The monoisotopic (exact) mass is 462 g/mol. The van der Waals surface area contributed by atoms with Crippen LogP contribution in [0.5, 0.6) is 28.7 Å². The highest BCUT2D eigenvalue weighted by Crippen LogP contribution is 2.29. The zero-order valence-corrected chi connectivity index (χ0v) is 20.0. The summed E-state index contributed by atoms with van der Waals surface area (Å²) in [5.41, 5.74) is 2.26. The van der Waals surface area contributed by atoms with E-state index >= 15 is 0 Å². The first-order chi connectivity index (χ1) is 16.6. The highest BCUT2D eigenvalue weighted by molar-refractivity contribution is 6.08. The molecule has 0 spiro atoms. The molecule has 0 unspecified atom stereocenters. The van der Waals surface area contributed by atoms with Crippen molar-refractivity contribution in [1.29, 1.82) is 0 Å². The van der Waals surface area contributed by atoms with E-state index in [1.165, 1.54) is 6.08 Å². The molecule has 178 valence electrons. The van der Waals surface area contributed by atoms with Crippen LogP contribution in [-0.2, 0) is 6.61 Å². The van der Waals surface area contributed by atoms with E-state index in [1.54, 1.807) is 44.6 Å². The van der Waals surface area contributed by atoms with Gasteiger partial charge < -0.3 is 23.7 Å². The van der Waals surface area contributed by atoms with Crippen molar-refractivity contribution >= 4 is 11.9 Å². The molecule has 0 aromatic heterocycles. The summed E-state index contributed by atoms with van der Waals surface area (Å²) in [7, 11) is 3.22. The fourth-order valence-electron chi connectivity index (χ4n) is 3.30. The molecule has 0 aliphatic rings. The first-order valence-electron chi connectivity index (χ1n) is 11.1. The van der Waals surface area contributed by atoms with E-state index in [0.717, 1.165) is 16.9 Å². The predicted molar refractivity (Wildman–Crippen MR) is 132 cm³/mol.